The summed E-state index contributed by atoms with van der Waals surface area (Å²) in [6.07, 6.45) is 5.16. The molecule has 1 amide bonds. The molecule has 120 valence electrons. The van der Waals surface area contributed by atoms with E-state index in [0.717, 1.165) is 19.4 Å². The van der Waals surface area contributed by atoms with Crippen molar-refractivity contribution in [2.24, 2.45) is 5.92 Å². The third-order valence-corrected chi connectivity index (χ3v) is 4.38. The lowest BCUT2D eigenvalue weighted by atomic mass is 9.97. The second-order valence-corrected chi connectivity index (χ2v) is 6.29. The highest BCUT2D eigenvalue weighted by Gasteiger charge is 2.27. The van der Waals surface area contributed by atoms with Crippen LogP contribution < -0.4 is 10.2 Å². The quantitative estimate of drug-likeness (QED) is 0.917. The van der Waals surface area contributed by atoms with Gasteiger partial charge in [0.25, 0.3) is 0 Å². The van der Waals surface area contributed by atoms with Crippen molar-refractivity contribution in [1.29, 1.82) is 0 Å². The molecule has 3 rings (SSSR count). The summed E-state index contributed by atoms with van der Waals surface area (Å²) in [5.41, 5.74) is 0.539. The Balaban J connectivity index is 1.69. The smallest absolute Gasteiger partial charge is 0.229 e. The number of aromatic nitrogens is 2. The number of piperidine rings is 1. The molecule has 1 aromatic heterocycles. The normalized spacial score (nSPS) is 17.8. The van der Waals surface area contributed by atoms with Gasteiger partial charge in [0.1, 0.15) is 0 Å². The molecular formula is C16H16Cl2N4O. The molecule has 2 heterocycles. The van der Waals surface area contributed by atoms with E-state index in [-0.39, 0.29) is 11.8 Å². The van der Waals surface area contributed by atoms with Crippen molar-refractivity contribution in [3.8, 4) is 0 Å². The zero-order valence-electron chi connectivity index (χ0n) is 12.4. The van der Waals surface area contributed by atoms with Crippen molar-refractivity contribution in [3.05, 3.63) is 46.7 Å². The number of anilines is 2. The number of nitrogens with zero attached hydrogens (tertiary/aromatic N) is 3. The Labute approximate surface area is 144 Å². The van der Waals surface area contributed by atoms with Crippen LogP contribution >= 0.6 is 23.2 Å². The van der Waals surface area contributed by atoms with Crippen LogP contribution in [0.4, 0.5) is 11.6 Å². The van der Waals surface area contributed by atoms with Gasteiger partial charge < -0.3 is 10.2 Å². The summed E-state index contributed by atoms with van der Waals surface area (Å²) in [6, 6.07) is 6.79. The Bertz CT molecular complexity index is 696. The average molecular weight is 351 g/mol. The fourth-order valence-corrected chi connectivity index (χ4v) is 2.99. The molecule has 7 heteroatoms. The van der Waals surface area contributed by atoms with Gasteiger partial charge in [0.15, 0.2) is 0 Å². The SMILES string of the molecule is O=C(Nc1cc(Cl)ccc1Cl)C1CCCN(c2ncccn2)C1. The summed E-state index contributed by atoms with van der Waals surface area (Å²) in [5.74, 6) is 0.461. The summed E-state index contributed by atoms with van der Waals surface area (Å²) >= 11 is 12.1. The lowest BCUT2D eigenvalue weighted by molar-refractivity contribution is -0.120. The molecule has 1 aliphatic heterocycles. The van der Waals surface area contributed by atoms with Gasteiger partial charge in [-0.15, -0.1) is 0 Å². The fourth-order valence-electron chi connectivity index (χ4n) is 2.66. The summed E-state index contributed by atoms with van der Waals surface area (Å²) in [6.45, 7) is 1.44. The number of nitrogens with one attached hydrogen (secondary N) is 1. The molecule has 1 N–H and O–H groups in total. The number of amides is 1. The van der Waals surface area contributed by atoms with E-state index in [2.05, 4.69) is 15.3 Å². The van der Waals surface area contributed by atoms with Crippen LogP contribution in [0.25, 0.3) is 0 Å². The molecule has 0 radical (unpaired) electrons. The maximum absolute atomic E-state index is 12.5. The number of benzene rings is 1. The van der Waals surface area contributed by atoms with Gasteiger partial charge in [-0.1, -0.05) is 23.2 Å². The maximum Gasteiger partial charge on any atom is 0.229 e. The van der Waals surface area contributed by atoms with Crippen LogP contribution in [0.15, 0.2) is 36.7 Å². The Hall–Kier alpha value is -1.85. The average Bonchev–Trinajstić information content (AvgIpc) is 2.59. The number of hydrogen-bond donors (Lipinski definition) is 1. The van der Waals surface area contributed by atoms with Crippen LogP contribution in [0, 0.1) is 5.92 Å². The lowest BCUT2D eigenvalue weighted by Crippen LogP contribution is -2.41. The van der Waals surface area contributed by atoms with Crippen molar-refractivity contribution in [3.63, 3.8) is 0 Å². The topological polar surface area (TPSA) is 58.1 Å². The Morgan fingerprint density at radius 2 is 2.04 bits per heavy atom. The van der Waals surface area contributed by atoms with E-state index in [0.29, 0.717) is 28.2 Å². The Kier molecular flexibility index (Phi) is 4.98. The summed E-state index contributed by atoms with van der Waals surface area (Å²) < 4.78 is 0. The molecule has 1 unspecified atom stereocenters. The third kappa shape index (κ3) is 3.92. The molecule has 23 heavy (non-hydrogen) atoms. The van der Waals surface area contributed by atoms with E-state index in [1.54, 1.807) is 36.7 Å². The van der Waals surface area contributed by atoms with Gasteiger partial charge >= 0.3 is 0 Å². The molecular weight excluding hydrogens is 335 g/mol. The van der Waals surface area contributed by atoms with Gasteiger partial charge in [0, 0.05) is 30.5 Å². The van der Waals surface area contributed by atoms with E-state index in [1.165, 1.54) is 0 Å². The van der Waals surface area contributed by atoms with Crippen LogP contribution in [-0.2, 0) is 4.79 Å². The first-order valence-corrected chi connectivity index (χ1v) is 8.17. The van der Waals surface area contributed by atoms with Crippen LogP contribution in [0.5, 0.6) is 0 Å². The molecule has 0 saturated carbocycles. The van der Waals surface area contributed by atoms with E-state index in [4.69, 9.17) is 23.2 Å². The van der Waals surface area contributed by atoms with Gasteiger partial charge in [0.05, 0.1) is 16.6 Å². The van der Waals surface area contributed by atoms with Gasteiger partial charge in [-0.05, 0) is 37.1 Å². The van der Waals surface area contributed by atoms with Crippen molar-refractivity contribution >= 4 is 40.7 Å². The van der Waals surface area contributed by atoms with E-state index >= 15 is 0 Å². The van der Waals surface area contributed by atoms with Crippen molar-refractivity contribution in [2.75, 3.05) is 23.3 Å². The molecule has 1 saturated heterocycles. The van der Waals surface area contributed by atoms with Crippen molar-refractivity contribution < 1.29 is 4.79 Å². The first-order chi connectivity index (χ1) is 11.1. The van der Waals surface area contributed by atoms with E-state index < -0.39 is 0 Å². The summed E-state index contributed by atoms with van der Waals surface area (Å²) in [7, 11) is 0. The Morgan fingerprint density at radius 1 is 1.26 bits per heavy atom. The first kappa shape index (κ1) is 16.0. The zero-order valence-corrected chi connectivity index (χ0v) is 13.9. The predicted octanol–water partition coefficient (Wildman–Crippen LogP) is 3.64. The second-order valence-electron chi connectivity index (χ2n) is 5.45. The van der Waals surface area contributed by atoms with Crippen molar-refractivity contribution in [1.82, 2.24) is 9.97 Å². The van der Waals surface area contributed by atoms with E-state index in [1.807, 2.05) is 4.90 Å². The van der Waals surface area contributed by atoms with Gasteiger partial charge in [-0.2, -0.15) is 0 Å². The molecule has 5 nitrogen and oxygen atoms in total. The Morgan fingerprint density at radius 3 is 2.83 bits per heavy atom. The van der Waals surface area contributed by atoms with Gasteiger partial charge in [-0.25, -0.2) is 9.97 Å². The first-order valence-electron chi connectivity index (χ1n) is 7.41. The van der Waals surface area contributed by atoms with Crippen molar-refractivity contribution in [2.45, 2.75) is 12.8 Å². The number of halogens is 2. The minimum Gasteiger partial charge on any atom is -0.340 e. The highest BCUT2D eigenvalue weighted by Crippen LogP contribution is 2.27. The number of hydrogen-bond acceptors (Lipinski definition) is 4. The maximum atomic E-state index is 12.5. The molecule has 0 spiro atoms. The highest BCUT2D eigenvalue weighted by atomic mass is 35.5. The number of carbonyl (C=O) groups is 1. The number of rotatable bonds is 3. The number of carbonyl (C=O) groups excluding carboxylic acids is 1. The molecule has 1 aliphatic rings. The van der Waals surface area contributed by atoms with Gasteiger partial charge in [-0.3, -0.25) is 4.79 Å². The zero-order chi connectivity index (χ0) is 16.2. The molecule has 2 aromatic rings. The third-order valence-electron chi connectivity index (χ3n) is 3.81. The summed E-state index contributed by atoms with van der Waals surface area (Å²) in [5, 5.41) is 3.88. The minimum absolute atomic E-state index is 0.0604. The van der Waals surface area contributed by atoms with Crippen LogP contribution in [0.1, 0.15) is 12.8 Å². The van der Waals surface area contributed by atoms with Crippen LogP contribution in [0.2, 0.25) is 10.0 Å². The molecule has 1 fully saturated rings. The standard InChI is InChI=1S/C16H16Cl2N4O/c17-12-4-5-13(18)14(9-12)21-15(23)11-3-1-8-22(10-11)16-19-6-2-7-20-16/h2,4-7,9,11H,1,3,8,10H2,(H,21,23). The molecule has 1 atom stereocenters. The highest BCUT2D eigenvalue weighted by molar-refractivity contribution is 6.35. The van der Waals surface area contributed by atoms with Crippen LogP contribution in [-0.4, -0.2) is 29.0 Å². The largest absolute Gasteiger partial charge is 0.340 e. The lowest BCUT2D eigenvalue weighted by Gasteiger charge is -2.31. The predicted molar refractivity (Wildman–Crippen MR) is 92.1 cm³/mol. The monoisotopic (exact) mass is 350 g/mol. The van der Waals surface area contributed by atoms with Gasteiger partial charge in [0.2, 0.25) is 11.9 Å². The molecule has 0 aliphatic carbocycles. The minimum atomic E-state index is -0.136. The summed E-state index contributed by atoms with van der Waals surface area (Å²) in [4.78, 5) is 23.1. The van der Waals surface area contributed by atoms with Crippen LogP contribution in [0.3, 0.4) is 0 Å². The molecule has 1 aromatic carbocycles. The van der Waals surface area contributed by atoms with E-state index in [9.17, 15) is 4.79 Å². The molecule has 0 bridgehead atoms. The fraction of sp³-hybridized carbons (Fsp3) is 0.312. The second kappa shape index (κ2) is 7.15.